The Morgan fingerprint density at radius 2 is 1.00 bits per heavy atom. The maximum absolute atomic E-state index is 5.87. The number of para-hydroxylation sites is 2. The summed E-state index contributed by atoms with van der Waals surface area (Å²) in [6.45, 7) is 4.35. The van der Waals surface area contributed by atoms with Gasteiger partial charge in [0, 0.05) is 0 Å². The molecule has 0 heterocycles. The zero-order valence-corrected chi connectivity index (χ0v) is 17.6. The summed E-state index contributed by atoms with van der Waals surface area (Å²) in [6, 6.07) is 36.3. The minimum atomic E-state index is 0.270. The molecule has 155 valence electrons. The minimum absolute atomic E-state index is 0.270. The summed E-state index contributed by atoms with van der Waals surface area (Å²) >= 11 is 0. The number of hydrogen-bond donors (Lipinski definition) is 0. The van der Waals surface area contributed by atoms with Crippen LogP contribution in [0, 0.1) is 6.92 Å². The lowest BCUT2D eigenvalue weighted by atomic mass is 9.94. The first-order chi connectivity index (χ1) is 15.3. The van der Waals surface area contributed by atoms with Gasteiger partial charge in [0.05, 0.1) is 0 Å². The lowest BCUT2D eigenvalue weighted by Gasteiger charge is -2.13. The van der Waals surface area contributed by atoms with Gasteiger partial charge in [0.2, 0.25) is 0 Å². The maximum atomic E-state index is 5.87. The van der Waals surface area contributed by atoms with Crippen molar-refractivity contribution < 1.29 is 9.47 Å². The van der Waals surface area contributed by atoms with E-state index in [1.165, 1.54) is 11.1 Å². The third-order valence-corrected chi connectivity index (χ3v) is 5.25. The van der Waals surface area contributed by atoms with Crippen molar-refractivity contribution in [2.75, 3.05) is 0 Å². The van der Waals surface area contributed by atoms with Crippen LogP contribution in [0.5, 0.6) is 23.0 Å². The van der Waals surface area contributed by atoms with Crippen molar-refractivity contribution in [1.82, 2.24) is 0 Å². The minimum Gasteiger partial charge on any atom is -0.457 e. The van der Waals surface area contributed by atoms with Gasteiger partial charge in [-0.1, -0.05) is 60.7 Å². The molecule has 1 atom stereocenters. The van der Waals surface area contributed by atoms with Crippen LogP contribution >= 0.6 is 0 Å². The molecule has 1 radical (unpaired) electrons. The molecule has 4 aromatic carbocycles. The predicted molar refractivity (Wildman–Crippen MR) is 127 cm³/mol. The largest absolute Gasteiger partial charge is 0.457 e. The molecule has 0 fully saturated rings. The summed E-state index contributed by atoms with van der Waals surface area (Å²) < 4.78 is 11.7. The normalized spacial score (nSPS) is 11.6. The molecule has 0 bridgehead atoms. The summed E-state index contributed by atoms with van der Waals surface area (Å²) in [5.41, 5.74) is 2.56. The number of hydrogen-bond acceptors (Lipinski definition) is 2. The van der Waals surface area contributed by atoms with Crippen LogP contribution < -0.4 is 9.47 Å². The third-order valence-electron chi connectivity index (χ3n) is 5.25. The van der Waals surface area contributed by atoms with Gasteiger partial charge in [-0.05, 0) is 91.8 Å². The van der Waals surface area contributed by atoms with E-state index in [1.54, 1.807) is 0 Å². The van der Waals surface area contributed by atoms with E-state index in [2.05, 4.69) is 31.2 Å². The fourth-order valence-corrected chi connectivity index (χ4v) is 3.50. The molecule has 0 spiro atoms. The van der Waals surface area contributed by atoms with Crippen LogP contribution in [0.25, 0.3) is 0 Å². The number of ether oxygens (including phenoxy) is 2. The van der Waals surface area contributed by atoms with Crippen LogP contribution in [0.1, 0.15) is 29.9 Å². The fourth-order valence-electron chi connectivity index (χ4n) is 3.50. The van der Waals surface area contributed by atoms with Crippen molar-refractivity contribution >= 4 is 0 Å². The molecule has 4 aromatic rings. The van der Waals surface area contributed by atoms with Crippen molar-refractivity contribution in [2.24, 2.45) is 0 Å². The van der Waals surface area contributed by atoms with E-state index in [9.17, 15) is 0 Å². The Balaban J connectivity index is 1.23. The molecule has 0 aliphatic carbocycles. The van der Waals surface area contributed by atoms with E-state index >= 15 is 0 Å². The second kappa shape index (κ2) is 10.5. The topological polar surface area (TPSA) is 18.5 Å². The van der Waals surface area contributed by atoms with E-state index in [0.717, 1.165) is 42.3 Å². The van der Waals surface area contributed by atoms with Gasteiger partial charge >= 0.3 is 0 Å². The zero-order chi connectivity index (χ0) is 21.3. The highest BCUT2D eigenvalue weighted by Gasteiger charge is 2.07. The van der Waals surface area contributed by atoms with Crippen LogP contribution in [0.3, 0.4) is 0 Å². The van der Waals surface area contributed by atoms with Gasteiger partial charge in [0.1, 0.15) is 23.0 Å². The van der Waals surface area contributed by atoms with Gasteiger partial charge in [-0.15, -0.1) is 0 Å². The molecule has 0 N–H and O–H groups in total. The van der Waals surface area contributed by atoms with Crippen LogP contribution in [-0.4, -0.2) is 0 Å². The summed E-state index contributed by atoms with van der Waals surface area (Å²) in [5.74, 6) is 3.69. The lowest BCUT2D eigenvalue weighted by Crippen LogP contribution is -1.96. The summed E-state index contributed by atoms with van der Waals surface area (Å²) in [4.78, 5) is 0. The molecular formula is C29H27O2. The fraction of sp³-hybridized carbons (Fsp3) is 0.138. The molecule has 0 aliphatic heterocycles. The van der Waals surface area contributed by atoms with Crippen LogP contribution in [-0.2, 0) is 6.42 Å². The van der Waals surface area contributed by atoms with Crippen molar-refractivity contribution in [1.29, 1.82) is 0 Å². The molecule has 2 nitrogen and oxygen atoms in total. The molecule has 0 aliphatic rings. The second-order valence-corrected chi connectivity index (χ2v) is 7.63. The Kier molecular flexibility index (Phi) is 7.02. The SMILES string of the molecule is [CH2]C(CCCc1ccc(Oc2ccccc2)cc1)c1ccc(Oc2ccccc2)cc1. The van der Waals surface area contributed by atoms with Crippen molar-refractivity contribution in [3.05, 3.63) is 127 Å². The summed E-state index contributed by atoms with van der Waals surface area (Å²) in [6.07, 6.45) is 3.17. The third kappa shape index (κ3) is 6.23. The molecular weight excluding hydrogens is 380 g/mol. The summed E-state index contributed by atoms with van der Waals surface area (Å²) in [7, 11) is 0. The highest BCUT2D eigenvalue weighted by atomic mass is 16.5. The van der Waals surface area contributed by atoms with E-state index in [4.69, 9.17) is 9.47 Å². The first kappa shape index (κ1) is 20.7. The molecule has 0 aromatic heterocycles. The predicted octanol–water partition coefficient (Wildman–Crippen LogP) is 8.21. The van der Waals surface area contributed by atoms with E-state index < -0.39 is 0 Å². The Morgan fingerprint density at radius 1 is 0.548 bits per heavy atom. The first-order valence-corrected chi connectivity index (χ1v) is 10.7. The Labute approximate surface area is 185 Å². The van der Waals surface area contributed by atoms with E-state index in [1.807, 2.05) is 84.9 Å². The lowest BCUT2D eigenvalue weighted by molar-refractivity contribution is 0.482. The van der Waals surface area contributed by atoms with Gasteiger partial charge in [-0.3, -0.25) is 0 Å². The number of aryl methyl sites for hydroxylation is 1. The van der Waals surface area contributed by atoms with Crippen molar-refractivity contribution in [2.45, 2.75) is 25.2 Å². The van der Waals surface area contributed by atoms with Gasteiger partial charge in [-0.25, -0.2) is 0 Å². The van der Waals surface area contributed by atoms with Crippen molar-refractivity contribution in [3.63, 3.8) is 0 Å². The highest BCUT2D eigenvalue weighted by Crippen LogP contribution is 2.27. The van der Waals surface area contributed by atoms with E-state index in [-0.39, 0.29) is 5.92 Å². The zero-order valence-electron chi connectivity index (χ0n) is 17.6. The molecule has 0 amide bonds. The smallest absolute Gasteiger partial charge is 0.127 e. The van der Waals surface area contributed by atoms with Crippen LogP contribution in [0.2, 0.25) is 0 Å². The monoisotopic (exact) mass is 407 g/mol. The van der Waals surface area contributed by atoms with Gasteiger partial charge in [0.15, 0.2) is 0 Å². The highest BCUT2D eigenvalue weighted by molar-refractivity contribution is 5.35. The Bertz CT molecular complexity index is 1040. The Morgan fingerprint density at radius 3 is 1.52 bits per heavy atom. The maximum Gasteiger partial charge on any atom is 0.127 e. The van der Waals surface area contributed by atoms with Crippen LogP contribution in [0.15, 0.2) is 109 Å². The molecule has 2 heteroatoms. The first-order valence-electron chi connectivity index (χ1n) is 10.7. The Hall–Kier alpha value is -3.52. The quantitative estimate of drug-likeness (QED) is 0.278. The van der Waals surface area contributed by atoms with Gasteiger partial charge in [0.25, 0.3) is 0 Å². The molecule has 4 rings (SSSR count). The van der Waals surface area contributed by atoms with Gasteiger partial charge in [-0.2, -0.15) is 0 Å². The average molecular weight is 408 g/mol. The van der Waals surface area contributed by atoms with E-state index in [0.29, 0.717) is 0 Å². The number of benzene rings is 4. The van der Waals surface area contributed by atoms with Crippen molar-refractivity contribution in [3.8, 4) is 23.0 Å². The molecule has 0 saturated carbocycles. The van der Waals surface area contributed by atoms with Gasteiger partial charge < -0.3 is 9.47 Å². The summed E-state index contributed by atoms with van der Waals surface area (Å²) in [5, 5.41) is 0. The second-order valence-electron chi connectivity index (χ2n) is 7.63. The standard InChI is InChI=1S/C29H27O2/c1-23(25-17-21-29(22-18-25)31-27-13-6-3-7-14-27)9-8-10-24-15-19-28(20-16-24)30-26-11-4-2-5-12-26/h2-7,11-23H,1,8-10H2. The molecule has 31 heavy (non-hydrogen) atoms. The average Bonchev–Trinajstić information content (AvgIpc) is 2.82. The van der Waals surface area contributed by atoms with Crippen LogP contribution in [0.4, 0.5) is 0 Å². The molecule has 1 unspecified atom stereocenters. The number of rotatable bonds is 9. The molecule has 0 saturated heterocycles.